The summed E-state index contributed by atoms with van der Waals surface area (Å²) in [5.74, 6) is 2.13. The molecule has 27 heavy (non-hydrogen) atoms. The van der Waals surface area contributed by atoms with Gasteiger partial charge in [-0.3, -0.25) is 0 Å². The number of fused-ring (bicyclic) bond motifs is 1. The number of ether oxygens (including phenoxy) is 3. The maximum absolute atomic E-state index is 5.70. The normalized spacial score (nSPS) is 14.0. The minimum Gasteiger partial charge on any atom is -0.493 e. The van der Waals surface area contributed by atoms with Crippen LogP contribution in [0.25, 0.3) is 5.69 Å². The minimum atomic E-state index is 0.189. The van der Waals surface area contributed by atoms with Gasteiger partial charge in [-0.1, -0.05) is 12.1 Å². The van der Waals surface area contributed by atoms with Crippen molar-refractivity contribution in [3.63, 3.8) is 0 Å². The van der Waals surface area contributed by atoms with Gasteiger partial charge in [0, 0.05) is 12.6 Å². The van der Waals surface area contributed by atoms with Crippen molar-refractivity contribution in [2.24, 2.45) is 0 Å². The molecule has 0 radical (unpaired) electrons. The monoisotopic (exact) mass is 366 g/mol. The maximum Gasteiger partial charge on any atom is 0.203 e. The first-order valence-electron chi connectivity index (χ1n) is 8.89. The van der Waals surface area contributed by atoms with Crippen LogP contribution in [0.4, 0.5) is 0 Å². The lowest BCUT2D eigenvalue weighted by molar-refractivity contribution is 0.165. The summed E-state index contributed by atoms with van der Waals surface area (Å²) in [6.45, 7) is 3.93. The van der Waals surface area contributed by atoms with Crippen LogP contribution in [0.1, 0.15) is 24.1 Å². The van der Waals surface area contributed by atoms with Gasteiger partial charge in [-0.05, 0) is 42.3 Å². The van der Waals surface area contributed by atoms with Gasteiger partial charge in [0.2, 0.25) is 5.75 Å². The number of methoxy groups -OCH3 is 1. The molecule has 0 bridgehead atoms. The average Bonchev–Trinajstić information content (AvgIpc) is 3.26. The fourth-order valence-electron chi connectivity index (χ4n) is 3.08. The molecule has 0 spiro atoms. The van der Waals surface area contributed by atoms with Crippen LogP contribution < -0.4 is 19.5 Å². The van der Waals surface area contributed by atoms with Gasteiger partial charge in [-0.25, -0.2) is 9.67 Å². The summed E-state index contributed by atoms with van der Waals surface area (Å²) >= 11 is 0. The Bertz CT molecular complexity index is 877. The van der Waals surface area contributed by atoms with Gasteiger partial charge < -0.3 is 19.5 Å². The molecule has 140 valence electrons. The predicted molar refractivity (Wildman–Crippen MR) is 101 cm³/mol. The number of nitrogens with zero attached hydrogens (tertiary/aromatic N) is 3. The van der Waals surface area contributed by atoms with Crippen LogP contribution in [0.5, 0.6) is 17.2 Å². The molecule has 1 aliphatic rings. The summed E-state index contributed by atoms with van der Waals surface area (Å²) in [4.78, 5) is 3.97. The zero-order chi connectivity index (χ0) is 18.6. The summed E-state index contributed by atoms with van der Waals surface area (Å²) < 4.78 is 18.5. The molecule has 0 aliphatic carbocycles. The van der Waals surface area contributed by atoms with Crippen molar-refractivity contribution in [3.8, 4) is 22.9 Å². The van der Waals surface area contributed by atoms with E-state index in [2.05, 4.69) is 34.5 Å². The molecular formula is C20H22N4O3. The molecule has 0 saturated heterocycles. The van der Waals surface area contributed by atoms with E-state index in [0.717, 1.165) is 17.0 Å². The molecule has 2 aromatic carbocycles. The van der Waals surface area contributed by atoms with Gasteiger partial charge in [-0.2, -0.15) is 5.10 Å². The number of hydrogen-bond acceptors (Lipinski definition) is 6. The van der Waals surface area contributed by atoms with Crippen LogP contribution in [0, 0.1) is 0 Å². The van der Waals surface area contributed by atoms with Gasteiger partial charge in [0.25, 0.3) is 0 Å². The Morgan fingerprint density at radius 2 is 2.00 bits per heavy atom. The molecule has 1 aliphatic heterocycles. The van der Waals surface area contributed by atoms with Crippen molar-refractivity contribution < 1.29 is 14.2 Å². The first kappa shape index (κ1) is 17.4. The molecule has 1 unspecified atom stereocenters. The molecule has 4 rings (SSSR count). The third-order valence-corrected chi connectivity index (χ3v) is 4.58. The first-order valence-corrected chi connectivity index (χ1v) is 8.89. The standard InChI is InChI=1S/C20H22N4O3/c1-14(16-3-5-17(6-4-16)24-13-21-12-23-24)22-11-15-9-18(25-2)20-19(10-15)26-7-8-27-20/h3-6,9-10,12-14,22H,7-8,11H2,1-2H3. The highest BCUT2D eigenvalue weighted by Gasteiger charge is 2.18. The van der Waals surface area contributed by atoms with E-state index in [-0.39, 0.29) is 6.04 Å². The molecule has 1 N–H and O–H groups in total. The lowest BCUT2D eigenvalue weighted by Crippen LogP contribution is -2.19. The highest BCUT2D eigenvalue weighted by molar-refractivity contribution is 5.54. The smallest absolute Gasteiger partial charge is 0.203 e. The van der Waals surface area contributed by atoms with E-state index in [4.69, 9.17) is 14.2 Å². The molecule has 7 nitrogen and oxygen atoms in total. The molecule has 0 fully saturated rings. The van der Waals surface area contributed by atoms with Gasteiger partial charge in [0.1, 0.15) is 25.9 Å². The molecule has 1 atom stereocenters. The molecule has 7 heteroatoms. The average molecular weight is 366 g/mol. The molecule has 3 aromatic rings. The summed E-state index contributed by atoms with van der Waals surface area (Å²) in [5, 5.41) is 7.69. The van der Waals surface area contributed by atoms with E-state index in [1.54, 1.807) is 18.1 Å². The second kappa shape index (κ2) is 7.67. The van der Waals surface area contributed by atoms with Crippen LogP contribution in [0.15, 0.2) is 49.1 Å². The number of hydrogen-bond donors (Lipinski definition) is 1. The third-order valence-electron chi connectivity index (χ3n) is 4.58. The van der Waals surface area contributed by atoms with E-state index in [1.165, 1.54) is 11.9 Å². The first-order chi connectivity index (χ1) is 13.2. The summed E-state index contributed by atoms with van der Waals surface area (Å²) in [5.41, 5.74) is 3.27. The Hall–Kier alpha value is -3.06. The third kappa shape index (κ3) is 3.73. The molecular weight excluding hydrogens is 344 g/mol. The predicted octanol–water partition coefficient (Wildman–Crippen LogP) is 2.90. The van der Waals surface area contributed by atoms with Crippen LogP contribution >= 0.6 is 0 Å². The zero-order valence-corrected chi connectivity index (χ0v) is 15.4. The Kier molecular flexibility index (Phi) is 4.93. The van der Waals surface area contributed by atoms with E-state index in [1.807, 2.05) is 24.3 Å². The fourth-order valence-corrected chi connectivity index (χ4v) is 3.08. The quantitative estimate of drug-likeness (QED) is 0.723. The van der Waals surface area contributed by atoms with E-state index in [0.29, 0.717) is 31.3 Å². The fraction of sp³-hybridized carbons (Fsp3) is 0.300. The van der Waals surface area contributed by atoms with Crippen LogP contribution in [0.3, 0.4) is 0 Å². The summed E-state index contributed by atoms with van der Waals surface area (Å²) in [7, 11) is 1.64. The number of aromatic nitrogens is 3. The Morgan fingerprint density at radius 3 is 2.74 bits per heavy atom. The number of nitrogens with one attached hydrogen (secondary N) is 1. The molecule has 0 saturated carbocycles. The van der Waals surface area contributed by atoms with Crippen molar-refractivity contribution in [3.05, 3.63) is 60.2 Å². The summed E-state index contributed by atoms with van der Waals surface area (Å²) in [6, 6.07) is 12.4. The Balaban J connectivity index is 1.44. The highest BCUT2D eigenvalue weighted by Crippen LogP contribution is 2.40. The van der Waals surface area contributed by atoms with Gasteiger partial charge in [0.15, 0.2) is 11.5 Å². The van der Waals surface area contributed by atoms with Gasteiger partial charge in [0.05, 0.1) is 12.8 Å². The van der Waals surface area contributed by atoms with E-state index in [9.17, 15) is 0 Å². The van der Waals surface area contributed by atoms with Crippen molar-refractivity contribution in [2.45, 2.75) is 19.5 Å². The van der Waals surface area contributed by atoms with Gasteiger partial charge in [-0.15, -0.1) is 0 Å². The van der Waals surface area contributed by atoms with E-state index >= 15 is 0 Å². The second-order valence-electron chi connectivity index (χ2n) is 6.36. The van der Waals surface area contributed by atoms with Crippen molar-refractivity contribution >= 4 is 0 Å². The Labute approximate surface area is 157 Å². The zero-order valence-electron chi connectivity index (χ0n) is 15.4. The molecule has 1 aromatic heterocycles. The van der Waals surface area contributed by atoms with E-state index < -0.39 is 0 Å². The van der Waals surface area contributed by atoms with Crippen LogP contribution in [0.2, 0.25) is 0 Å². The molecule has 0 amide bonds. The summed E-state index contributed by atoms with van der Waals surface area (Å²) in [6.07, 6.45) is 3.21. The van der Waals surface area contributed by atoms with Gasteiger partial charge >= 0.3 is 0 Å². The highest BCUT2D eigenvalue weighted by atomic mass is 16.6. The van der Waals surface area contributed by atoms with Crippen molar-refractivity contribution in [2.75, 3.05) is 20.3 Å². The largest absolute Gasteiger partial charge is 0.493 e. The topological polar surface area (TPSA) is 70.4 Å². The lowest BCUT2D eigenvalue weighted by Gasteiger charge is -2.22. The lowest BCUT2D eigenvalue weighted by atomic mass is 10.1. The number of rotatable bonds is 6. The minimum absolute atomic E-state index is 0.189. The van der Waals surface area contributed by atoms with Crippen molar-refractivity contribution in [1.29, 1.82) is 0 Å². The number of benzene rings is 2. The maximum atomic E-state index is 5.70. The SMILES string of the molecule is COc1cc(CNC(C)c2ccc(-n3cncn3)cc2)cc2c1OCCO2. The second-order valence-corrected chi connectivity index (χ2v) is 6.36. The van der Waals surface area contributed by atoms with Crippen molar-refractivity contribution in [1.82, 2.24) is 20.1 Å². The van der Waals surface area contributed by atoms with Crippen LogP contribution in [-0.2, 0) is 6.54 Å². The Morgan fingerprint density at radius 1 is 1.19 bits per heavy atom. The molecule has 2 heterocycles. The van der Waals surface area contributed by atoms with Crippen LogP contribution in [-0.4, -0.2) is 35.1 Å².